The summed E-state index contributed by atoms with van der Waals surface area (Å²) in [6, 6.07) is 7.04. The average Bonchev–Trinajstić information content (AvgIpc) is 3.20. The number of hydrogen-bond acceptors (Lipinski definition) is 2. The van der Waals surface area contributed by atoms with E-state index in [4.69, 9.17) is 17.3 Å². The maximum absolute atomic E-state index is 6.05. The third kappa shape index (κ3) is 3.94. The van der Waals surface area contributed by atoms with Crippen LogP contribution < -0.4 is 5.73 Å². The molecule has 2 nitrogen and oxygen atoms in total. The molecule has 106 valence electrons. The summed E-state index contributed by atoms with van der Waals surface area (Å²) in [5.74, 6) is 0. The Balaban J connectivity index is 2.20. The van der Waals surface area contributed by atoms with Crippen LogP contribution in [0.5, 0.6) is 0 Å². The number of rotatable bonds is 7. The standard InChI is InChI=1S/C15H22BrClN2/c1-2-3-8-19(12-5-6-12)15(10-18)13-7-4-11(17)9-14(13)16/h4,7,9,12,15H,2-3,5-6,8,10,18H2,1H3. The molecule has 19 heavy (non-hydrogen) atoms. The van der Waals surface area contributed by atoms with Crippen molar-refractivity contribution in [3.05, 3.63) is 33.3 Å². The van der Waals surface area contributed by atoms with E-state index >= 15 is 0 Å². The van der Waals surface area contributed by atoms with Crippen LogP contribution in [0.15, 0.2) is 22.7 Å². The Bertz CT molecular complexity index is 421. The third-order valence-corrected chi connectivity index (χ3v) is 4.65. The number of halogens is 2. The van der Waals surface area contributed by atoms with E-state index in [1.807, 2.05) is 12.1 Å². The van der Waals surface area contributed by atoms with Gasteiger partial charge in [-0.25, -0.2) is 0 Å². The van der Waals surface area contributed by atoms with E-state index in [9.17, 15) is 0 Å². The lowest BCUT2D eigenvalue weighted by molar-refractivity contribution is 0.187. The number of hydrogen-bond donors (Lipinski definition) is 1. The van der Waals surface area contributed by atoms with E-state index in [2.05, 4.69) is 33.8 Å². The number of nitrogens with zero attached hydrogens (tertiary/aromatic N) is 1. The minimum atomic E-state index is 0.297. The zero-order chi connectivity index (χ0) is 13.8. The summed E-state index contributed by atoms with van der Waals surface area (Å²) < 4.78 is 1.07. The zero-order valence-electron chi connectivity index (χ0n) is 11.4. The van der Waals surface area contributed by atoms with Crippen LogP contribution in [0.1, 0.15) is 44.2 Å². The molecule has 1 aliphatic rings. The molecule has 0 saturated heterocycles. The van der Waals surface area contributed by atoms with Crippen LogP contribution in [-0.4, -0.2) is 24.0 Å². The van der Waals surface area contributed by atoms with Crippen molar-refractivity contribution in [2.75, 3.05) is 13.1 Å². The predicted molar refractivity (Wildman–Crippen MR) is 85.6 cm³/mol. The minimum absolute atomic E-state index is 0.297. The summed E-state index contributed by atoms with van der Waals surface area (Å²) in [6.07, 6.45) is 5.08. The lowest BCUT2D eigenvalue weighted by Crippen LogP contribution is -2.36. The molecule has 1 atom stereocenters. The van der Waals surface area contributed by atoms with Gasteiger partial charge in [0.25, 0.3) is 0 Å². The lowest BCUT2D eigenvalue weighted by atomic mass is 10.0. The van der Waals surface area contributed by atoms with Gasteiger partial charge in [0.1, 0.15) is 0 Å². The molecule has 1 fully saturated rings. The van der Waals surface area contributed by atoms with Gasteiger partial charge in [0.05, 0.1) is 0 Å². The summed E-state index contributed by atoms with van der Waals surface area (Å²) in [5.41, 5.74) is 7.31. The molecule has 2 N–H and O–H groups in total. The zero-order valence-corrected chi connectivity index (χ0v) is 13.8. The van der Waals surface area contributed by atoms with Crippen molar-refractivity contribution in [1.29, 1.82) is 0 Å². The van der Waals surface area contributed by atoms with Gasteiger partial charge in [-0.15, -0.1) is 0 Å². The van der Waals surface area contributed by atoms with Crippen LogP contribution in [0, 0.1) is 0 Å². The Labute approximate surface area is 129 Å². The SMILES string of the molecule is CCCCN(C1CC1)C(CN)c1ccc(Cl)cc1Br. The van der Waals surface area contributed by atoms with Crippen molar-refractivity contribution in [2.45, 2.75) is 44.7 Å². The molecule has 0 radical (unpaired) electrons. The molecule has 2 rings (SSSR count). The molecule has 0 spiro atoms. The van der Waals surface area contributed by atoms with E-state index in [-0.39, 0.29) is 0 Å². The van der Waals surface area contributed by atoms with Crippen LogP contribution in [-0.2, 0) is 0 Å². The number of nitrogens with two attached hydrogens (primary N) is 1. The third-order valence-electron chi connectivity index (χ3n) is 3.73. The summed E-state index contributed by atoms with van der Waals surface area (Å²) in [6.45, 7) is 4.03. The van der Waals surface area contributed by atoms with Gasteiger partial charge in [-0.2, -0.15) is 0 Å². The Kier molecular flexibility index (Phi) is 5.70. The molecule has 1 aliphatic carbocycles. The first kappa shape index (κ1) is 15.3. The van der Waals surface area contributed by atoms with E-state index in [1.54, 1.807) is 0 Å². The molecule has 0 amide bonds. The van der Waals surface area contributed by atoms with E-state index < -0.39 is 0 Å². The highest BCUT2D eigenvalue weighted by Crippen LogP contribution is 2.37. The Morgan fingerprint density at radius 2 is 2.21 bits per heavy atom. The highest BCUT2D eigenvalue weighted by molar-refractivity contribution is 9.10. The first-order chi connectivity index (χ1) is 9.17. The highest BCUT2D eigenvalue weighted by Gasteiger charge is 2.34. The van der Waals surface area contributed by atoms with Crippen LogP contribution in [0.2, 0.25) is 5.02 Å². The van der Waals surface area contributed by atoms with Crippen LogP contribution in [0.25, 0.3) is 0 Å². The highest BCUT2D eigenvalue weighted by atomic mass is 79.9. The predicted octanol–water partition coefficient (Wildman–Crippen LogP) is 4.37. The maximum atomic E-state index is 6.05. The molecule has 4 heteroatoms. The Hall–Kier alpha value is -0.0900. The molecular weight excluding hydrogens is 324 g/mol. The quantitative estimate of drug-likeness (QED) is 0.795. The van der Waals surface area contributed by atoms with Gasteiger partial charge in [-0.1, -0.05) is 46.9 Å². The molecule has 0 heterocycles. The van der Waals surface area contributed by atoms with Crippen molar-refractivity contribution in [3.63, 3.8) is 0 Å². The summed E-state index contributed by atoms with van der Waals surface area (Å²) in [7, 11) is 0. The second-order valence-electron chi connectivity index (χ2n) is 5.24. The lowest BCUT2D eigenvalue weighted by Gasteiger charge is -2.32. The van der Waals surface area contributed by atoms with Gasteiger partial charge >= 0.3 is 0 Å². The molecule has 1 unspecified atom stereocenters. The van der Waals surface area contributed by atoms with Gasteiger partial charge in [0, 0.05) is 28.1 Å². The molecule has 1 saturated carbocycles. The number of benzene rings is 1. The van der Waals surface area contributed by atoms with Crippen molar-refractivity contribution < 1.29 is 0 Å². The largest absolute Gasteiger partial charge is 0.329 e. The fraction of sp³-hybridized carbons (Fsp3) is 0.600. The maximum Gasteiger partial charge on any atom is 0.0484 e. The van der Waals surface area contributed by atoms with Crippen molar-refractivity contribution in [3.8, 4) is 0 Å². The summed E-state index contributed by atoms with van der Waals surface area (Å²) in [5, 5.41) is 0.762. The summed E-state index contributed by atoms with van der Waals surface area (Å²) in [4.78, 5) is 2.58. The van der Waals surface area contributed by atoms with E-state index in [1.165, 1.54) is 31.2 Å². The number of unbranched alkanes of at least 4 members (excludes halogenated alkanes) is 1. The second kappa shape index (κ2) is 7.07. The van der Waals surface area contributed by atoms with Gasteiger partial charge in [-0.3, -0.25) is 4.90 Å². The van der Waals surface area contributed by atoms with Crippen molar-refractivity contribution in [1.82, 2.24) is 4.90 Å². The molecule has 0 aliphatic heterocycles. The van der Waals surface area contributed by atoms with Gasteiger partial charge < -0.3 is 5.73 Å². The van der Waals surface area contributed by atoms with Gasteiger partial charge in [0.2, 0.25) is 0 Å². The first-order valence-corrected chi connectivity index (χ1v) is 8.25. The fourth-order valence-corrected chi connectivity index (χ4v) is 3.50. The first-order valence-electron chi connectivity index (χ1n) is 7.08. The topological polar surface area (TPSA) is 29.3 Å². The van der Waals surface area contributed by atoms with Gasteiger partial charge in [0.15, 0.2) is 0 Å². The van der Waals surface area contributed by atoms with Crippen molar-refractivity contribution >= 4 is 27.5 Å². The fourth-order valence-electron chi connectivity index (χ4n) is 2.55. The minimum Gasteiger partial charge on any atom is -0.329 e. The Morgan fingerprint density at radius 1 is 1.47 bits per heavy atom. The molecule has 1 aromatic carbocycles. The van der Waals surface area contributed by atoms with Crippen LogP contribution in [0.3, 0.4) is 0 Å². The molecule has 0 aromatic heterocycles. The van der Waals surface area contributed by atoms with E-state index in [0.29, 0.717) is 12.6 Å². The van der Waals surface area contributed by atoms with Gasteiger partial charge in [-0.05, 0) is 43.5 Å². The molecule has 1 aromatic rings. The average molecular weight is 346 g/mol. The smallest absolute Gasteiger partial charge is 0.0484 e. The second-order valence-corrected chi connectivity index (χ2v) is 6.53. The molecule has 0 bridgehead atoms. The Morgan fingerprint density at radius 3 is 2.74 bits per heavy atom. The monoisotopic (exact) mass is 344 g/mol. The van der Waals surface area contributed by atoms with Crippen molar-refractivity contribution in [2.24, 2.45) is 5.73 Å². The van der Waals surface area contributed by atoms with Crippen LogP contribution >= 0.6 is 27.5 Å². The normalized spacial score (nSPS) is 16.9. The van der Waals surface area contributed by atoms with Crippen LogP contribution in [0.4, 0.5) is 0 Å². The molecular formula is C15H22BrClN2. The summed E-state index contributed by atoms with van der Waals surface area (Å²) >= 11 is 9.66. The van der Waals surface area contributed by atoms with E-state index in [0.717, 1.165) is 22.1 Å².